The van der Waals surface area contributed by atoms with E-state index in [1.54, 1.807) is 30.3 Å². The number of sulfonamides is 1. The molecule has 2 rings (SSSR count). The molecule has 1 heterocycles. The zero-order valence-electron chi connectivity index (χ0n) is 10.4. The third-order valence-corrected chi connectivity index (χ3v) is 4.32. The van der Waals surface area contributed by atoms with Crippen molar-refractivity contribution in [2.24, 2.45) is 0 Å². The van der Waals surface area contributed by atoms with Crippen molar-refractivity contribution in [3.8, 4) is 0 Å². The van der Waals surface area contributed by atoms with E-state index in [1.165, 1.54) is 0 Å². The fraction of sp³-hybridized carbons (Fsp3) is 0. The van der Waals surface area contributed by atoms with E-state index >= 15 is 0 Å². The SMILES string of the molecule is O=C(NNS(=O)(=O)c1cnc(Cl)c(Cl)c1)c1ccccc1. The van der Waals surface area contributed by atoms with Gasteiger partial charge in [0.2, 0.25) is 0 Å². The third kappa shape index (κ3) is 3.92. The number of amides is 1. The van der Waals surface area contributed by atoms with E-state index in [1.807, 2.05) is 4.83 Å². The molecule has 0 saturated carbocycles. The van der Waals surface area contributed by atoms with Gasteiger partial charge in [0.05, 0.1) is 5.02 Å². The number of hydrogen-bond acceptors (Lipinski definition) is 4. The van der Waals surface area contributed by atoms with Crippen molar-refractivity contribution in [1.29, 1.82) is 0 Å². The monoisotopic (exact) mass is 345 g/mol. The summed E-state index contributed by atoms with van der Waals surface area (Å²) in [5.74, 6) is -0.591. The minimum atomic E-state index is -3.99. The molecule has 1 amide bonds. The van der Waals surface area contributed by atoms with Gasteiger partial charge in [-0.3, -0.25) is 10.2 Å². The van der Waals surface area contributed by atoms with E-state index in [0.717, 1.165) is 12.3 Å². The van der Waals surface area contributed by atoms with Crippen molar-refractivity contribution in [2.75, 3.05) is 0 Å². The highest BCUT2D eigenvalue weighted by molar-refractivity contribution is 7.89. The van der Waals surface area contributed by atoms with Gasteiger partial charge in [0.25, 0.3) is 15.9 Å². The van der Waals surface area contributed by atoms with Crippen LogP contribution in [-0.2, 0) is 10.0 Å². The zero-order chi connectivity index (χ0) is 15.5. The van der Waals surface area contributed by atoms with Crippen molar-refractivity contribution in [3.63, 3.8) is 0 Å². The lowest BCUT2D eigenvalue weighted by molar-refractivity contribution is 0.0945. The first kappa shape index (κ1) is 15.7. The normalized spacial score (nSPS) is 11.1. The second kappa shape index (κ2) is 6.40. The van der Waals surface area contributed by atoms with Gasteiger partial charge >= 0.3 is 0 Å². The number of carbonyl (C=O) groups excluding carboxylic acids is 1. The number of hydrogen-bond donors (Lipinski definition) is 2. The molecular formula is C12H9Cl2N3O3S. The van der Waals surface area contributed by atoms with Gasteiger partial charge in [-0.1, -0.05) is 41.4 Å². The number of nitrogens with zero attached hydrogens (tertiary/aromatic N) is 1. The highest BCUT2D eigenvalue weighted by Gasteiger charge is 2.17. The Morgan fingerprint density at radius 2 is 1.81 bits per heavy atom. The van der Waals surface area contributed by atoms with Gasteiger partial charge in [0.15, 0.2) is 0 Å². The molecule has 2 aromatic rings. The summed E-state index contributed by atoms with van der Waals surface area (Å²) in [5, 5.41) is -0.0159. The third-order valence-electron chi connectivity index (χ3n) is 2.42. The van der Waals surface area contributed by atoms with Crippen LogP contribution in [0.15, 0.2) is 47.5 Å². The van der Waals surface area contributed by atoms with Gasteiger partial charge in [-0.05, 0) is 18.2 Å². The molecule has 0 saturated heterocycles. The Morgan fingerprint density at radius 3 is 2.43 bits per heavy atom. The number of aromatic nitrogens is 1. The van der Waals surface area contributed by atoms with Crippen LogP contribution in [0.5, 0.6) is 0 Å². The molecule has 2 N–H and O–H groups in total. The molecule has 1 aromatic heterocycles. The summed E-state index contributed by atoms with van der Waals surface area (Å²) in [7, 11) is -3.99. The first-order valence-electron chi connectivity index (χ1n) is 5.58. The van der Waals surface area contributed by atoms with Crippen LogP contribution >= 0.6 is 23.2 Å². The number of halogens is 2. The number of hydrazine groups is 1. The van der Waals surface area contributed by atoms with Gasteiger partial charge in [-0.2, -0.15) is 0 Å². The molecule has 0 bridgehead atoms. The maximum Gasteiger partial charge on any atom is 0.266 e. The minimum absolute atomic E-state index is 0.00562. The summed E-state index contributed by atoms with van der Waals surface area (Å²) in [4.78, 5) is 17.1. The second-order valence-corrected chi connectivity index (χ2v) is 6.32. The lowest BCUT2D eigenvalue weighted by Crippen LogP contribution is -2.41. The van der Waals surface area contributed by atoms with Crippen LogP contribution in [0.2, 0.25) is 10.2 Å². The van der Waals surface area contributed by atoms with Crippen LogP contribution in [0.25, 0.3) is 0 Å². The number of carbonyl (C=O) groups is 1. The Hall–Kier alpha value is -1.67. The average molecular weight is 346 g/mol. The van der Waals surface area contributed by atoms with Crippen LogP contribution < -0.4 is 10.3 Å². The van der Waals surface area contributed by atoms with Gasteiger partial charge in [-0.25, -0.2) is 13.4 Å². The van der Waals surface area contributed by atoms with Crippen molar-refractivity contribution in [3.05, 3.63) is 58.3 Å². The summed E-state index contributed by atoms with van der Waals surface area (Å²) in [6.45, 7) is 0. The predicted octanol–water partition coefficient (Wildman–Crippen LogP) is 2.01. The van der Waals surface area contributed by atoms with Crippen molar-refractivity contribution >= 4 is 39.1 Å². The molecule has 0 fully saturated rings. The molecule has 110 valence electrons. The molecule has 0 unspecified atom stereocenters. The minimum Gasteiger partial charge on any atom is -0.273 e. The number of nitrogens with one attached hydrogen (secondary N) is 2. The average Bonchev–Trinajstić information content (AvgIpc) is 2.48. The lowest BCUT2D eigenvalue weighted by Gasteiger charge is -2.08. The van der Waals surface area contributed by atoms with Gasteiger partial charge < -0.3 is 0 Å². The highest BCUT2D eigenvalue weighted by atomic mass is 35.5. The Labute approximate surface area is 131 Å². The summed E-state index contributed by atoms with van der Waals surface area (Å²) in [5.41, 5.74) is 2.40. The topological polar surface area (TPSA) is 88.2 Å². The molecule has 0 atom stereocenters. The first-order valence-corrected chi connectivity index (χ1v) is 7.82. The summed E-state index contributed by atoms with van der Waals surface area (Å²) < 4.78 is 23.9. The summed E-state index contributed by atoms with van der Waals surface area (Å²) >= 11 is 11.3. The van der Waals surface area contributed by atoms with Crippen molar-refractivity contribution in [2.45, 2.75) is 4.90 Å². The molecule has 0 aliphatic rings. The molecule has 0 spiro atoms. The molecule has 6 nitrogen and oxygen atoms in total. The maximum atomic E-state index is 12.0. The molecule has 1 aromatic carbocycles. The first-order chi connectivity index (χ1) is 9.90. The fourth-order valence-electron chi connectivity index (χ4n) is 1.38. The largest absolute Gasteiger partial charge is 0.273 e. The van der Waals surface area contributed by atoms with E-state index in [-0.39, 0.29) is 15.1 Å². The van der Waals surface area contributed by atoms with Crippen LogP contribution in [0.3, 0.4) is 0 Å². The molecule has 0 radical (unpaired) electrons. The van der Waals surface area contributed by atoms with Crippen LogP contribution in [0.4, 0.5) is 0 Å². The Kier molecular flexibility index (Phi) is 4.79. The molecule has 9 heteroatoms. The Balaban J connectivity index is 2.11. The standard InChI is InChI=1S/C12H9Cl2N3O3S/c13-10-6-9(7-15-11(10)14)21(19,20)17-16-12(18)8-4-2-1-3-5-8/h1-7,17H,(H,16,18). The maximum absolute atomic E-state index is 12.0. The van der Waals surface area contributed by atoms with Crippen LogP contribution in [0, 0.1) is 0 Å². The van der Waals surface area contributed by atoms with E-state index in [0.29, 0.717) is 5.56 Å². The van der Waals surface area contributed by atoms with E-state index in [2.05, 4.69) is 10.4 Å². The quantitative estimate of drug-likeness (QED) is 0.655. The molecule has 21 heavy (non-hydrogen) atoms. The molecular weight excluding hydrogens is 337 g/mol. The number of pyridine rings is 1. The Bertz CT molecular complexity index is 767. The van der Waals surface area contributed by atoms with Crippen LogP contribution in [-0.4, -0.2) is 19.3 Å². The number of benzene rings is 1. The molecule has 0 aliphatic carbocycles. The van der Waals surface area contributed by atoms with E-state index in [4.69, 9.17) is 23.2 Å². The summed E-state index contributed by atoms with van der Waals surface area (Å²) in [6.07, 6.45) is 1.03. The van der Waals surface area contributed by atoms with Crippen molar-refractivity contribution < 1.29 is 13.2 Å². The van der Waals surface area contributed by atoms with E-state index < -0.39 is 15.9 Å². The van der Waals surface area contributed by atoms with Gasteiger partial charge in [0, 0.05) is 11.8 Å². The number of rotatable bonds is 4. The predicted molar refractivity (Wildman–Crippen MR) is 78.5 cm³/mol. The highest BCUT2D eigenvalue weighted by Crippen LogP contribution is 2.21. The zero-order valence-corrected chi connectivity index (χ0v) is 12.7. The summed E-state index contributed by atoms with van der Waals surface area (Å²) in [6, 6.07) is 9.28. The second-order valence-electron chi connectivity index (χ2n) is 3.87. The lowest BCUT2D eigenvalue weighted by atomic mass is 10.2. The van der Waals surface area contributed by atoms with Gasteiger partial charge in [0.1, 0.15) is 10.0 Å². The fourth-order valence-corrected chi connectivity index (χ4v) is 2.53. The van der Waals surface area contributed by atoms with Crippen molar-refractivity contribution in [1.82, 2.24) is 15.2 Å². The van der Waals surface area contributed by atoms with Crippen LogP contribution in [0.1, 0.15) is 10.4 Å². The smallest absolute Gasteiger partial charge is 0.266 e. The molecule has 0 aliphatic heterocycles. The van der Waals surface area contributed by atoms with Gasteiger partial charge in [-0.15, -0.1) is 4.83 Å². The Morgan fingerprint density at radius 1 is 1.14 bits per heavy atom. The van der Waals surface area contributed by atoms with E-state index in [9.17, 15) is 13.2 Å².